The molecule has 0 atom stereocenters. The number of nitrogens with zero attached hydrogens (tertiary/aromatic N) is 2. The monoisotopic (exact) mass is 360 g/mol. The van der Waals surface area contributed by atoms with Gasteiger partial charge >= 0.3 is 0 Å². The summed E-state index contributed by atoms with van der Waals surface area (Å²) in [5, 5.41) is 0.788. The van der Waals surface area contributed by atoms with Crippen LogP contribution in [-0.2, 0) is 6.54 Å². The molecule has 0 unspecified atom stereocenters. The molecular formula is C23H21ClN2. The second-order valence-corrected chi connectivity index (χ2v) is 7.04. The number of benzene rings is 2. The molecule has 0 saturated heterocycles. The molecule has 1 aromatic heterocycles. The molecule has 0 bridgehead atoms. The predicted octanol–water partition coefficient (Wildman–Crippen LogP) is 5.69. The van der Waals surface area contributed by atoms with Crippen LogP contribution in [0.1, 0.15) is 17.7 Å². The van der Waals surface area contributed by atoms with Gasteiger partial charge in [-0.05, 0) is 41.8 Å². The first-order valence-electron chi connectivity index (χ1n) is 8.96. The van der Waals surface area contributed by atoms with E-state index in [0.717, 1.165) is 48.0 Å². The van der Waals surface area contributed by atoms with Gasteiger partial charge in [0.05, 0.1) is 11.4 Å². The van der Waals surface area contributed by atoms with Crippen molar-refractivity contribution in [2.24, 2.45) is 0 Å². The molecule has 3 aromatic rings. The van der Waals surface area contributed by atoms with Crippen molar-refractivity contribution >= 4 is 17.2 Å². The molecule has 4 rings (SSSR count). The van der Waals surface area contributed by atoms with Crippen molar-refractivity contribution in [2.75, 3.05) is 13.1 Å². The molecular weight excluding hydrogens is 340 g/mol. The maximum Gasteiger partial charge on any atom is 0.0705 e. The highest BCUT2D eigenvalue weighted by molar-refractivity contribution is 6.30. The van der Waals surface area contributed by atoms with Crippen molar-refractivity contribution in [1.29, 1.82) is 0 Å². The Morgan fingerprint density at radius 1 is 0.846 bits per heavy atom. The average molecular weight is 361 g/mol. The van der Waals surface area contributed by atoms with E-state index in [4.69, 9.17) is 16.6 Å². The third kappa shape index (κ3) is 4.04. The molecule has 0 spiro atoms. The van der Waals surface area contributed by atoms with Crippen molar-refractivity contribution in [3.05, 3.63) is 95.2 Å². The van der Waals surface area contributed by atoms with Crippen LogP contribution in [0.15, 0.2) is 78.9 Å². The summed E-state index contributed by atoms with van der Waals surface area (Å²) >= 11 is 5.99. The van der Waals surface area contributed by atoms with Crippen LogP contribution in [0.4, 0.5) is 0 Å². The molecule has 0 saturated carbocycles. The predicted molar refractivity (Wildman–Crippen MR) is 109 cm³/mol. The van der Waals surface area contributed by atoms with Crippen LogP contribution >= 0.6 is 11.6 Å². The molecule has 130 valence electrons. The zero-order valence-corrected chi connectivity index (χ0v) is 15.4. The van der Waals surface area contributed by atoms with Crippen molar-refractivity contribution in [3.8, 4) is 11.3 Å². The number of aromatic nitrogens is 1. The maximum atomic E-state index is 5.99. The van der Waals surface area contributed by atoms with Gasteiger partial charge in [0.25, 0.3) is 0 Å². The molecule has 2 heterocycles. The molecule has 0 radical (unpaired) electrons. The van der Waals surface area contributed by atoms with E-state index < -0.39 is 0 Å². The third-order valence-corrected chi connectivity index (χ3v) is 5.02. The van der Waals surface area contributed by atoms with Crippen LogP contribution in [0.3, 0.4) is 0 Å². The van der Waals surface area contributed by atoms with Crippen molar-refractivity contribution in [3.63, 3.8) is 0 Å². The highest BCUT2D eigenvalue weighted by Crippen LogP contribution is 2.24. The summed E-state index contributed by atoms with van der Waals surface area (Å²) in [6, 6.07) is 24.8. The van der Waals surface area contributed by atoms with Gasteiger partial charge in [-0.15, -0.1) is 0 Å². The molecule has 0 N–H and O–H groups in total. The van der Waals surface area contributed by atoms with E-state index in [1.54, 1.807) is 0 Å². The summed E-state index contributed by atoms with van der Waals surface area (Å²) in [6.07, 6.45) is 3.38. The van der Waals surface area contributed by atoms with E-state index in [1.165, 1.54) is 11.1 Å². The minimum atomic E-state index is 0.788. The second kappa shape index (κ2) is 7.86. The smallest absolute Gasteiger partial charge is 0.0705 e. The number of halogens is 1. The second-order valence-electron chi connectivity index (χ2n) is 6.60. The first-order valence-corrected chi connectivity index (χ1v) is 9.34. The molecule has 2 nitrogen and oxygen atoms in total. The molecule has 3 heteroatoms. The normalized spacial score (nSPS) is 14.9. The SMILES string of the molecule is Clc1ccc(C2=CCN(Cc3cccc(-c4ccccc4)n3)CC2)cc1. The molecule has 0 aliphatic carbocycles. The summed E-state index contributed by atoms with van der Waals surface area (Å²) < 4.78 is 0. The van der Waals surface area contributed by atoms with Gasteiger partial charge in [-0.1, -0.05) is 66.2 Å². The fourth-order valence-electron chi connectivity index (χ4n) is 3.35. The lowest BCUT2D eigenvalue weighted by Crippen LogP contribution is -2.28. The first-order chi connectivity index (χ1) is 12.8. The summed E-state index contributed by atoms with van der Waals surface area (Å²) in [4.78, 5) is 7.29. The fourth-order valence-corrected chi connectivity index (χ4v) is 3.47. The Balaban J connectivity index is 1.44. The van der Waals surface area contributed by atoms with Crippen LogP contribution in [0, 0.1) is 0 Å². The van der Waals surface area contributed by atoms with Crippen molar-refractivity contribution in [1.82, 2.24) is 9.88 Å². The van der Waals surface area contributed by atoms with Gasteiger partial charge < -0.3 is 0 Å². The molecule has 1 aliphatic rings. The Bertz CT molecular complexity index is 901. The summed E-state index contributed by atoms with van der Waals surface area (Å²) in [7, 11) is 0. The van der Waals surface area contributed by atoms with Gasteiger partial charge in [0, 0.05) is 30.2 Å². The Hall–Kier alpha value is -2.42. The Morgan fingerprint density at radius 2 is 1.65 bits per heavy atom. The van der Waals surface area contributed by atoms with Crippen LogP contribution in [0.2, 0.25) is 5.02 Å². The van der Waals surface area contributed by atoms with E-state index >= 15 is 0 Å². The minimum absolute atomic E-state index is 0.788. The zero-order valence-electron chi connectivity index (χ0n) is 14.6. The van der Waals surface area contributed by atoms with E-state index in [0.29, 0.717) is 0 Å². The van der Waals surface area contributed by atoms with E-state index in [1.807, 2.05) is 18.2 Å². The van der Waals surface area contributed by atoms with Crippen molar-refractivity contribution < 1.29 is 0 Å². The third-order valence-electron chi connectivity index (χ3n) is 4.77. The quantitative estimate of drug-likeness (QED) is 0.594. The van der Waals surface area contributed by atoms with Crippen LogP contribution < -0.4 is 0 Å². The molecule has 0 amide bonds. The first kappa shape index (κ1) is 17.0. The van der Waals surface area contributed by atoms with Crippen LogP contribution in [0.25, 0.3) is 16.8 Å². The van der Waals surface area contributed by atoms with Gasteiger partial charge in [0.1, 0.15) is 0 Å². The van der Waals surface area contributed by atoms with Gasteiger partial charge in [-0.2, -0.15) is 0 Å². The largest absolute Gasteiger partial charge is 0.294 e. The topological polar surface area (TPSA) is 16.1 Å². The van der Waals surface area contributed by atoms with Gasteiger partial charge in [0.15, 0.2) is 0 Å². The maximum absolute atomic E-state index is 5.99. The molecule has 26 heavy (non-hydrogen) atoms. The van der Waals surface area contributed by atoms with E-state index in [9.17, 15) is 0 Å². The lowest BCUT2D eigenvalue weighted by molar-refractivity contribution is 0.290. The number of rotatable bonds is 4. The summed E-state index contributed by atoms with van der Waals surface area (Å²) in [6.45, 7) is 2.88. The van der Waals surface area contributed by atoms with Gasteiger partial charge in [-0.25, -0.2) is 0 Å². The summed E-state index contributed by atoms with van der Waals surface area (Å²) in [5.74, 6) is 0. The Kier molecular flexibility index (Phi) is 5.14. The number of hydrogen-bond donors (Lipinski definition) is 0. The van der Waals surface area contributed by atoms with Gasteiger partial charge in [0.2, 0.25) is 0 Å². The van der Waals surface area contributed by atoms with Gasteiger partial charge in [-0.3, -0.25) is 9.88 Å². The fraction of sp³-hybridized carbons (Fsp3) is 0.174. The van der Waals surface area contributed by atoms with Crippen molar-refractivity contribution in [2.45, 2.75) is 13.0 Å². The van der Waals surface area contributed by atoms with Crippen LogP contribution in [-0.4, -0.2) is 23.0 Å². The average Bonchev–Trinajstić information content (AvgIpc) is 2.70. The Morgan fingerprint density at radius 3 is 2.38 bits per heavy atom. The standard InChI is InChI=1S/C23H21ClN2/c24-21-11-9-18(10-12-21)19-13-15-26(16-14-19)17-22-7-4-8-23(25-22)20-5-2-1-3-6-20/h1-13H,14-17H2. The molecule has 2 aromatic carbocycles. The Labute approximate surface area is 159 Å². The lowest BCUT2D eigenvalue weighted by Gasteiger charge is -2.26. The lowest BCUT2D eigenvalue weighted by atomic mass is 9.99. The van der Waals surface area contributed by atoms with E-state index in [-0.39, 0.29) is 0 Å². The molecule has 1 aliphatic heterocycles. The minimum Gasteiger partial charge on any atom is -0.294 e. The molecule has 0 fully saturated rings. The highest BCUT2D eigenvalue weighted by atomic mass is 35.5. The summed E-state index contributed by atoms with van der Waals surface area (Å²) in [5.41, 5.74) is 6.01. The number of hydrogen-bond acceptors (Lipinski definition) is 2. The van der Waals surface area contributed by atoms with Crippen LogP contribution in [0.5, 0.6) is 0 Å². The highest BCUT2D eigenvalue weighted by Gasteiger charge is 2.14. The van der Waals surface area contributed by atoms with E-state index in [2.05, 4.69) is 65.6 Å². The number of pyridine rings is 1. The zero-order chi connectivity index (χ0) is 17.8.